The molecule has 1 atom stereocenters. The van der Waals surface area contributed by atoms with Crippen LogP contribution in [0.1, 0.15) is 29.8 Å². The lowest BCUT2D eigenvalue weighted by Crippen LogP contribution is -2.54. The molecule has 7 nitrogen and oxygen atoms in total. The highest BCUT2D eigenvalue weighted by Gasteiger charge is 2.38. The zero-order valence-electron chi connectivity index (χ0n) is 15.5. The number of aromatic nitrogens is 2. The molecule has 0 aliphatic carbocycles. The van der Waals surface area contributed by atoms with Gasteiger partial charge >= 0.3 is 0 Å². The van der Waals surface area contributed by atoms with Crippen LogP contribution in [-0.2, 0) is 16.0 Å². The molecule has 26 heavy (non-hydrogen) atoms. The van der Waals surface area contributed by atoms with E-state index in [1.807, 2.05) is 36.1 Å². The van der Waals surface area contributed by atoms with E-state index >= 15 is 0 Å². The number of hydrogen-bond donors (Lipinski definition) is 0. The van der Waals surface area contributed by atoms with Gasteiger partial charge in [0.15, 0.2) is 0 Å². The molecule has 1 amide bonds. The molecule has 1 aromatic heterocycles. The predicted molar refractivity (Wildman–Crippen MR) is 95.0 cm³/mol. The summed E-state index contributed by atoms with van der Waals surface area (Å²) in [5.74, 6) is 0.806. The number of aryl methyl sites for hydroxylation is 2. The van der Waals surface area contributed by atoms with Crippen molar-refractivity contribution in [2.24, 2.45) is 0 Å². The standard InChI is InChI=1S/C19H25N3O4/c1-14-5-7-16(8-6-14)25-13-19(24-3)9-4-10-22(12-19)18(23)11-17-15(2)20-26-21-17/h5-8H,4,9-13H2,1-3H3. The first-order valence-corrected chi connectivity index (χ1v) is 8.82. The van der Waals surface area contributed by atoms with Crippen LogP contribution in [0.25, 0.3) is 0 Å². The van der Waals surface area contributed by atoms with E-state index in [1.54, 1.807) is 14.0 Å². The van der Waals surface area contributed by atoms with Gasteiger partial charge in [-0.05, 0) is 38.8 Å². The largest absolute Gasteiger partial charge is 0.491 e. The average molecular weight is 359 g/mol. The summed E-state index contributed by atoms with van der Waals surface area (Å²) in [6.45, 7) is 5.43. The van der Waals surface area contributed by atoms with Gasteiger partial charge in [-0.25, -0.2) is 4.63 Å². The Morgan fingerprint density at radius 1 is 1.27 bits per heavy atom. The number of carbonyl (C=O) groups is 1. The van der Waals surface area contributed by atoms with Gasteiger partial charge in [-0.3, -0.25) is 4.79 Å². The zero-order valence-corrected chi connectivity index (χ0v) is 15.5. The Labute approximate surface area is 153 Å². The number of benzene rings is 1. The third kappa shape index (κ3) is 4.22. The van der Waals surface area contributed by atoms with Crippen LogP contribution in [-0.4, -0.2) is 53.5 Å². The number of nitrogens with zero attached hydrogens (tertiary/aromatic N) is 3. The van der Waals surface area contributed by atoms with Crippen molar-refractivity contribution < 1.29 is 18.9 Å². The van der Waals surface area contributed by atoms with Gasteiger partial charge in [0, 0.05) is 13.7 Å². The van der Waals surface area contributed by atoms with E-state index in [4.69, 9.17) is 9.47 Å². The molecule has 140 valence electrons. The minimum Gasteiger partial charge on any atom is -0.491 e. The van der Waals surface area contributed by atoms with Crippen molar-refractivity contribution in [2.75, 3.05) is 26.8 Å². The number of amides is 1. The van der Waals surface area contributed by atoms with Crippen molar-refractivity contribution in [1.29, 1.82) is 0 Å². The average Bonchev–Trinajstić information content (AvgIpc) is 3.06. The van der Waals surface area contributed by atoms with E-state index in [0.717, 1.165) is 18.6 Å². The second kappa shape index (κ2) is 7.86. The molecule has 2 heterocycles. The second-order valence-electron chi connectivity index (χ2n) is 6.88. The van der Waals surface area contributed by atoms with Crippen molar-refractivity contribution >= 4 is 5.91 Å². The Morgan fingerprint density at radius 2 is 2.04 bits per heavy atom. The van der Waals surface area contributed by atoms with Crippen LogP contribution in [0.5, 0.6) is 5.75 Å². The summed E-state index contributed by atoms with van der Waals surface area (Å²) in [6, 6.07) is 7.93. The smallest absolute Gasteiger partial charge is 0.228 e. The molecule has 1 aliphatic heterocycles. The molecule has 0 spiro atoms. The summed E-state index contributed by atoms with van der Waals surface area (Å²) in [5, 5.41) is 7.53. The third-order valence-electron chi connectivity index (χ3n) is 4.91. The Kier molecular flexibility index (Phi) is 5.56. The molecule has 7 heteroatoms. The zero-order chi connectivity index (χ0) is 18.6. The summed E-state index contributed by atoms with van der Waals surface area (Å²) in [4.78, 5) is 14.5. The maximum Gasteiger partial charge on any atom is 0.228 e. The third-order valence-corrected chi connectivity index (χ3v) is 4.91. The fourth-order valence-electron chi connectivity index (χ4n) is 3.17. The van der Waals surface area contributed by atoms with Gasteiger partial charge < -0.3 is 14.4 Å². The number of carbonyl (C=O) groups excluding carboxylic acids is 1. The number of rotatable bonds is 6. The number of piperidine rings is 1. The lowest BCUT2D eigenvalue weighted by atomic mass is 9.93. The Bertz CT molecular complexity index is 743. The monoisotopic (exact) mass is 359 g/mol. The number of hydrogen-bond acceptors (Lipinski definition) is 6. The topological polar surface area (TPSA) is 77.7 Å². The molecule has 0 bridgehead atoms. The SMILES string of the molecule is COC1(COc2ccc(C)cc2)CCCN(C(=O)Cc2nonc2C)C1. The summed E-state index contributed by atoms with van der Waals surface area (Å²) < 4.78 is 16.4. The van der Waals surface area contributed by atoms with E-state index in [-0.39, 0.29) is 12.3 Å². The lowest BCUT2D eigenvalue weighted by molar-refractivity contribution is -0.142. The van der Waals surface area contributed by atoms with Crippen LogP contribution in [0.3, 0.4) is 0 Å². The molecule has 3 rings (SSSR count). The predicted octanol–water partition coefficient (Wildman–Crippen LogP) is 2.32. The summed E-state index contributed by atoms with van der Waals surface area (Å²) in [6.07, 6.45) is 1.91. The van der Waals surface area contributed by atoms with E-state index < -0.39 is 5.60 Å². The number of ether oxygens (including phenoxy) is 2. The summed E-state index contributed by atoms with van der Waals surface area (Å²) >= 11 is 0. The molecule has 1 saturated heterocycles. The van der Waals surface area contributed by atoms with Crippen LogP contribution < -0.4 is 4.74 Å². The minimum atomic E-state index is -0.504. The van der Waals surface area contributed by atoms with Gasteiger partial charge in [-0.2, -0.15) is 0 Å². The Hall–Kier alpha value is -2.41. The molecule has 0 N–H and O–H groups in total. The minimum absolute atomic E-state index is 0.000242. The molecular formula is C19H25N3O4. The first-order valence-electron chi connectivity index (χ1n) is 8.82. The lowest BCUT2D eigenvalue weighted by Gasteiger charge is -2.41. The van der Waals surface area contributed by atoms with E-state index in [1.165, 1.54) is 5.56 Å². The Morgan fingerprint density at radius 3 is 2.69 bits per heavy atom. The Balaban J connectivity index is 1.63. The van der Waals surface area contributed by atoms with E-state index in [0.29, 0.717) is 31.1 Å². The molecular weight excluding hydrogens is 334 g/mol. The van der Waals surface area contributed by atoms with Crippen LogP contribution in [0.2, 0.25) is 0 Å². The van der Waals surface area contributed by atoms with Gasteiger partial charge in [-0.15, -0.1) is 0 Å². The van der Waals surface area contributed by atoms with Crippen molar-refractivity contribution in [3.05, 3.63) is 41.2 Å². The quantitative estimate of drug-likeness (QED) is 0.788. The highest BCUT2D eigenvalue weighted by atomic mass is 16.6. The van der Waals surface area contributed by atoms with E-state index in [9.17, 15) is 4.79 Å². The highest BCUT2D eigenvalue weighted by Crippen LogP contribution is 2.27. The molecule has 1 aliphatic rings. The fourth-order valence-corrected chi connectivity index (χ4v) is 3.17. The molecule has 0 saturated carbocycles. The summed E-state index contributed by atoms with van der Waals surface area (Å²) in [7, 11) is 1.68. The number of likely N-dealkylation sites (tertiary alicyclic amines) is 1. The van der Waals surface area contributed by atoms with Crippen LogP contribution >= 0.6 is 0 Å². The van der Waals surface area contributed by atoms with Crippen molar-refractivity contribution in [3.8, 4) is 5.75 Å². The van der Waals surface area contributed by atoms with E-state index in [2.05, 4.69) is 14.9 Å². The number of methoxy groups -OCH3 is 1. The summed E-state index contributed by atoms with van der Waals surface area (Å²) in [5.41, 5.74) is 1.91. The molecule has 1 fully saturated rings. The van der Waals surface area contributed by atoms with Crippen LogP contribution in [0.15, 0.2) is 28.9 Å². The van der Waals surface area contributed by atoms with Crippen LogP contribution in [0.4, 0.5) is 0 Å². The van der Waals surface area contributed by atoms with Gasteiger partial charge in [0.05, 0.1) is 13.0 Å². The second-order valence-corrected chi connectivity index (χ2v) is 6.88. The molecule has 1 unspecified atom stereocenters. The fraction of sp³-hybridized carbons (Fsp3) is 0.526. The highest BCUT2D eigenvalue weighted by molar-refractivity contribution is 5.78. The first-order chi connectivity index (χ1) is 12.5. The first kappa shape index (κ1) is 18.4. The normalized spacial score (nSPS) is 20.2. The maximum absolute atomic E-state index is 12.7. The van der Waals surface area contributed by atoms with Gasteiger partial charge in [0.1, 0.15) is 29.3 Å². The molecule has 1 aromatic carbocycles. The van der Waals surface area contributed by atoms with Gasteiger partial charge in [-0.1, -0.05) is 28.0 Å². The maximum atomic E-state index is 12.7. The molecule has 0 radical (unpaired) electrons. The van der Waals surface area contributed by atoms with Gasteiger partial charge in [0.25, 0.3) is 0 Å². The van der Waals surface area contributed by atoms with Gasteiger partial charge in [0.2, 0.25) is 5.91 Å². The van der Waals surface area contributed by atoms with Crippen LogP contribution in [0, 0.1) is 13.8 Å². The molecule has 2 aromatic rings. The van der Waals surface area contributed by atoms with Crippen molar-refractivity contribution in [2.45, 2.75) is 38.7 Å². The van der Waals surface area contributed by atoms with Crippen molar-refractivity contribution in [1.82, 2.24) is 15.2 Å². The van der Waals surface area contributed by atoms with Crippen molar-refractivity contribution in [3.63, 3.8) is 0 Å².